The monoisotopic (exact) mass is 287 g/mol. The molecular formula is C14H25NO5. The molecule has 0 saturated heterocycles. The Morgan fingerprint density at radius 1 is 1.30 bits per heavy atom. The Balaban J connectivity index is 2.07. The van der Waals surface area contributed by atoms with E-state index in [1.165, 1.54) is 0 Å². The van der Waals surface area contributed by atoms with Crippen molar-refractivity contribution in [2.24, 2.45) is 11.8 Å². The molecule has 2 aliphatic rings. The van der Waals surface area contributed by atoms with E-state index in [0.29, 0.717) is 6.42 Å². The van der Waals surface area contributed by atoms with Crippen LogP contribution in [0, 0.1) is 11.8 Å². The molecule has 0 aromatic carbocycles. The minimum Gasteiger partial charge on any atom is -0.396 e. The van der Waals surface area contributed by atoms with Crippen molar-refractivity contribution in [2.75, 3.05) is 6.61 Å². The molecule has 0 aromatic rings. The molecule has 1 amide bonds. The zero-order chi connectivity index (χ0) is 14.9. The molecule has 6 heteroatoms. The molecule has 0 aromatic heterocycles. The zero-order valence-corrected chi connectivity index (χ0v) is 12.0. The lowest BCUT2D eigenvalue weighted by Crippen LogP contribution is -2.62. The number of ether oxygens (including phenoxy) is 1. The van der Waals surface area contributed by atoms with Crippen LogP contribution in [0.3, 0.4) is 0 Å². The van der Waals surface area contributed by atoms with Crippen molar-refractivity contribution >= 4 is 5.91 Å². The second-order valence-electron chi connectivity index (χ2n) is 6.19. The molecule has 2 saturated carbocycles. The van der Waals surface area contributed by atoms with Crippen LogP contribution in [0.4, 0.5) is 0 Å². The maximum absolute atomic E-state index is 11.9. The lowest BCUT2D eigenvalue weighted by molar-refractivity contribution is -0.150. The minimum absolute atomic E-state index is 0.0367. The molecule has 2 fully saturated rings. The number of amides is 1. The first-order valence-corrected chi connectivity index (χ1v) is 7.36. The third kappa shape index (κ3) is 3.49. The van der Waals surface area contributed by atoms with Crippen LogP contribution in [0.15, 0.2) is 0 Å². The maximum Gasteiger partial charge on any atom is 0.223 e. The Morgan fingerprint density at radius 2 is 1.95 bits per heavy atom. The van der Waals surface area contributed by atoms with Gasteiger partial charge in [0, 0.05) is 18.4 Å². The molecule has 0 spiro atoms. The van der Waals surface area contributed by atoms with Crippen molar-refractivity contribution in [3.05, 3.63) is 0 Å². The van der Waals surface area contributed by atoms with Gasteiger partial charge in [0.25, 0.3) is 0 Å². The SMILES string of the molecule is CC(C)OC1C[C@H](CO)[C@H](O)[C@H](O)[C@H]1NC(=O)C1CC1. The fraction of sp³-hybridized carbons (Fsp3) is 0.929. The van der Waals surface area contributed by atoms with Gasteiger partial charge in [-0.15, -0.1) is 0 Å². The van der Waals surface area contributed by atoms with Crippen molar-refractivity contribution in [1.29, 1.82) is 0 Å². The van der Waals surface area contributed by atoms with E-state index < -0.39 is 30.3 Å². The van der Waals surface area contributed by atoms with E-state index in [1.54, 1.807) is 0 Å². The van der Waals surface area contributed by atoms with Gasteiger partial charge in [0.15, 0.2) is 0 Å². The van der Waals surface area contributed by atoms with E-state index in [0.717, 1.165) is 12.8 Å². The molecule has 1 unspecified atom stereocenters. The molecule has 0 radical (unpaired) electrons. The fourth-order valence-electron chi connectivity index (χ4n) is 2.77. The number of hydrogen-bond donors (Lipinski definition) is 4. The number of aliphatic hydroxyl groups is 3. The zero-order valence-electron chi connectivity index (χ0n) is 12.0. The highest BCUT2D eigenvalue weighted by Gasteiger charge is 2.45. The molecule has 5 atom stereocenters. The molecule has 0 bridgehead atoms. The molecule has 0 aliphatic heterocycles. The summed E-state index contributed by atoms with van der Waals surface area (Å²) in [5, 5.41) is 32.3. The van der Waals surface area contributed by atoms with Gasteiger partial charge in [0.1, 0.15) is 6.10 Å². The largest absolute Gasteiger partial charge is 0.396 e. The predicted molar refractivity (Wildman–Crippen MR) is 71.9 cm³/mol. The maximum atomic E-state index is 11.9. The average molecular weight is 287 g/mol. The van der Waals surface area contributed by atoms with Gasteiger partial charge in [-0.05, 0) is 33.1 Å². The summed E-state index contributed by atoms with van der Waals surface area (Å²) >= 11 is 0. The van der Waals surface area contributed by atoms with Gasteiger partial charge in [-0.3, -0.25) is 4.79 Å². The van der Waals surface area contributed by atoms with Gasteiger partial charge in [0.05, 0.1) is 24.4 Å². The summed E-state index contributed by atoms with van der Waals surface area (Å²) in [5.41, 5.74) is 0. The standard InChI is InChI=1S/C14H25NO5/c1-7(2)20-10-5-9(6-16)12(17)13(18)11(10)15-14(19)8-3-4-8/h7-13,16-18H,3-6H2,1-2H3,(H,15,19)/t9-,10?,11+,12+,13-/m1/s1. The lowest BCUT2D eigenvalue weighted by atomic mass is 9.79. The van der Waals surface area contributed by atoms with Crippen LogP contribution in [0.2, 0.25) is 0 Å². The number of hydrogen-bond acceptors (Lipinski definition) is 5. The van der Waals surface area contributed by atoms with Gasteiger partial charge in [-0.2, -0.15) is 0 Å². The number of carbonyl (C=O) groups excluding carboxylic acids is 1. The van der Waals surface area contributed by atoms with Crippen LogP contribution in [-0.4, -0.2) is 58.3 Å². The Labute approximate surface area is 119 Å². The highest BCUT2D eigenvalue weighted by molar-refractivity contribution is 5.81. The van der Waals surface area contributed by atoms with Crippen LogP contribution in [0.5, 0.6) is 0 Å². The summed E-state index contributed by atoms with van der Waals surface area (Å²) in [6, 6.07) is -0.622. The molecule has 2 rings (SSSR count). The average Bonchev–Trinajstić information content (AvgIpc) is 3.21. The van der Waals surface area contributed by atoms with E-state index in [1.807, 2.05) is 13.8 Å². The van der Waals surface area contributed by atoms with Gasteiger partial charge < -0.3 is 25.4 Å². The van der Waals surface area contributed by atoms with E-state index in [2.05, 4.69) is 5.32 Å². The fourth-order valence-corrected chi connectivity index (χ4v) is 2.77. The third-order valence-electron chi connectivity index (χ3n) is 4.07. The van der Waals surface area contributed by atoms with Gasteiger partial charge in [-0.25, -0.2) is 0 Å². The minimum atomic E-state index is -1.12. The summed E-state index contributed by atoms with van der Waals surface area (Å²) < 4.78 is 5.76. The van der Waals surface area contributed by atoms with Crippen molar-refractivity contribution < 1.29 is 24.9 Å². The number of carbonyl (C=O) groups is 1. The summed E-state index contributed by atoms with van der Waals surface area (Å²) in [5.74, 6) is -0.474. The van der Waals surface area contributed by atoms with E-state index in [-0.39, 0.29) is 24.5 Å². The van der Waals surface area contributed by atoms with Crippen LogP contribution in [0.25, 0.3) is 0 Å². The summed E-state index contributed by atoms with van der Waals surface area (Å²) in [7, 11) is 0. The van der Waals surface area contributed by atoms with E-state index in [4.69, 9.17) is 4.74 Å². The first-order chi connectivity index (χ1) is 9.43. The molecule has 4 N–H and O–H groups in total. The number of nitrogens with one attached hydrogen (secondary N) is 1. The van der Waals surface area contributed by atoms with E-state index in [9.17, 15) is 20.1 Å². The first-order valence-electron chi connectivity index (χ1n) is 7.36. The summed E-state index contributed by atoms with van der Waals surface area (Å²) in [6.45, 7) is 3.55. The lowest BCUT2D eigenvalue weighted by Gasteiger charge is -2.43. The molecular weight excluding hydrogens is 262 g/mol. The predicted octanol–water partition coefficient (Wildman–Crippen LogP) is -0.591. The Morgan fingerprint density at radius 3 is 2.45 bits per heavy atom. The highest BCUT2D eigenvalue weighted by atomic mass is 16.5. The van der Waals surface area contributed by atoms with Crippen LogP contribution < -0.4 is 5.32 Å². The van der Waals surface area contributed by atoms with Crippen molar-refractivity contribution in [3.63, 3.8) is 0 Å². The third-order valence-corrected chi connectivity index (χ3v) is 4.07. The Kier molecular flexibility index (Phi) is 5.01. The first kappa shape index (κ1) is 15.7. The number of aliphatic hydroxyl groups excluding tert-OH is 3. The van der Waals surface area contributed by atoms with E-state index >= 15 is 0 Å². The smallest absolute Gasteiger partial charge is 0.223 e. The van der Waals surface area contributed by atoms with Crippen LogP contribution in [-0.2, 0) is 9.53 Å². The summed E-state index contributed by atoms with van der Waals surface area (Å²) in [6.07, 6.45) is -0.430. The van der Waals surface area contributed by atoms with Crippen molar-refractivity contribution in [3.8, 4) is 0 Å². The molecule has 0 heterocycles. The molecule has 20 heavy (non-hydrogen) atoms. The second kappa shape index (κ2) is 6.39. The van der Waals surface area contributed by atoms with Gasteiger partial charge >= 0.3 is 0 Å². The topological polar surface area (TPSA) is 99.0 Å². The van der Waals surface area contributed by atoms with Crippen molar-refractivity contribution in [2.45, 2.75) is 63.6 Å². The van der Waals surface area contributed by atoms with Crippen LogP contribution >= 0.6 is 0 Å². The normalized spacial score (nSPS) is 38.0. The highest BCUT2D eigenvalue weighted by Crippen LogP contribution is 2.32. The van der Waals surface area contributed by atoms with Gasteiger partial charge in [0.2, 0.25) is 5.91 Å². The Bertz CT molecular complexity index is 344. The summed E-state index contributed by atoms with van der Waals surface area (Å²) in [4.78, 5) is 11.9. The number of rotatable bonds is 5. The Hall–Kier alpha value is -0.690. The van der Waals surface area contributed by atoms with Gasteiger partial charge in [-0.1, -0.05) is 0 Å². The molecule has 6 nitrogen and oxygen atoms in total. The molecule has 116 valence electrons. The second-order valence-corrected chi connectivity index (χ2v) is 6.19. The van der Waals surface area contributed by atoms with Crippen LogP contribution in [0.1, 0.15) is 33.1 Å². The quantitative estimate of drug-likeness (QED) is 0.542. The molecule has 2 aliphatic carbocycles. The van der Waals surface area contributed by atoms with Crippen molar-refractivity contribution in [1.82, 2.24) is 5.32 Å².